The minimum atomic E-state index is -1.11. The maximum Gasteiger partial charge on any atom is 0.315 e. The number of hydrogen-bond acceptors (Lipinski definition) is 7. The van der Waals surface area contributed by atoms with Crippen LogP contribution >= 0.6 is 0 Å². The van der Waals surface area contributed by atoms with E-state index in [4.69, 9.17) is 5.73 Å². The van der Waals surface area contributed by atoms with Gasteiger partial charge in [0, 0.05) is 32.5 Å². The van der Waals surface area contributed by atoms with Crippen LogP contribution in [0.1, 0.15) is 73.1 Å². The highest BCUT2D eigenvalue weighted by molar-refractivity contribution is 6.37. The van der Waals surface area contributed by atoms with Gasteiger partial charge in [-0.05, 0) is 35.0 Å². The Morgan fingerprint density at radius 3 is 2.17 bits per heavy atom. The number of amides is 7. The molecule has 2 heterocycles. The summed E-state index contributed by atoms with van der Waals surface area (Å²) in [5.41, 5.74) is 4.37. The second-order valence-corrected chi connectivity index (χ2v) is 13.8. The SMILES string of the molecule is CC(C)(C)[C@H](NC(=O)NCCN1C(=O)CCC1=O)C(=O)N1C[C@H]2[C@@H]([C@H]1C(=O)NC(CC1CCC1)C(=O)C(N)=O)C2(C)C. The number of nitrogens with zero attached hydrogens (tertiary/aromatic N) is 2. The lowest BCUT2D eigenvalue weighted by Crippen LogP contribution is -2.61. The smallest absolute Gasteiger partial charge is 0.315 e. The molecule has 4 rings (SSSR count). The van der Waals surface area contributed by atoms with Gasteiger partial charge in [-0.3, -0.25) is 33.7 Å². The van der Waals surface area contributed by atoms with E-state index in [1.807, 2.05) is 13.8 Å². The molecule has 2 aliphatic carbocycles. The molecule has 0 aromatic carbocycles. The Bertz CT molecular complexity index is 1160. The van der Waals surface area contributed by atoms with Gasteiger partial charge < -0.3 is 26.6 Å². The molecule has 13 heteroatoms. The van der Waals surface area contributed by atoms with Crippen LogP contribution in [0.4, 0.5) is 4.79 Å². The van der Waals surface area contributed by atoms with E-state index >= 15 is 0 Å². The lowest BCUT2D eigenvalue weighted by atomic mass is 9.80. The number of rotatable bonds is 11. The first-order chi connectivity index (χ1) is 19.5. The maximum absolute atomic E-state index is 14.0. The third-order valence-corrected chi connectivity index (χ3v) is 9.59. The standard InChI is InChI=1S/C29H44N6O7/c1-28(2,3)23(33-27(42)31-11-12-34-18(36)9-10-19(34)37)26(41)35-14-16-20(29(16,4)5)21(35)25(40)32-17(22(38)24(30)39)13-15-7-6-8-15/h15-17,20-21,23H,6-14H2,1-5H3,(H2,30,39)(H,32,40)(H2,31,33,42)/t16-,17?,20-,21-,23+/m0/s1. The lowest BCUT2D eigenvalue weighted by Gasteiger charge is -2.38. The van der Waals surface area contributed by atoms with Gasteiger partial charge in [0.05, 0.1) is 6.04 Å². The number of hydrogen-bond donors (Lipinski definition) is 4. The van der Waals surface area contributed by atoms with E-state index in [0.717, 1.165) is 24.2 Å². The van der Waals surface area contributed by atoms with Crippen molar-refractivity contribution in [1.82, 2.24) is 25.8 Å². The molecule has 2 aliphatic heterocycles. The quantitative estimate of drug-likeness (QED) is 0.194. The van der Waals surface area contributed by atoms with Crippen LogP contribution in [0, 0.1) is 28.6 Å². The average molecular weight is 589 g/mol. The second-order valence-electron chi connectivity index (χ2n) is 13.8. The summed E-state index contributed by atoms with van der Waals surface area (Å²) in [5.74, 6) is -3.29. The first-order valence-electron chi connectivity index (χ1n) is 14.9. The van der Waals surface area contributed by atoms with Crippen LogP contribution in [0.25, 0.3) is 0 Å². The van der Waals surface area contributed by atoms with E-state index in [-0.39, 0.29) is 60.9 Å². The molecule has 42 heavy (non-hydrogen) atoms. The lowest BCUT2D eigenvalue weighted by molar-refractivity contribution is -0.145. The topological polar surface area (TPSA) is 188 Å². The van der Waals surface area contributed by atoms with E-state index in [2.05, 4.69) is 16.0 Å². The van der Waals surface area contributed by atoms with Crippen LogP contribution in [-0.2, 0) is 28.8 Å². The molecule has 0 bridgehead atoms. The van der Waals surface area contributed by atoms with Gasteiger partial charge in [-0.15, -0.1) is 0 Å². The van der Waals surface area contributed by atoms with Crippen LogP contribution in [0.2, 0.25) is 0 Å². The molecule has 5 atom stereocenters. The Balaban J connectivity index is 1.46. The predicted molar refractivity (Wildman–Crippen MR) is 150 cm³/mol. The van der Waals surface area contributed by atoms with E-state index < -0.39 is 53.1 Å². The zero-order valence-electron chi connectivity index (χ0n) is 25.2. The van der Waals surface area contributed by atoms with Gasteiger partial charge in [0.1, 0.15) is 12.1 Å². The fourth-order valence-electron chi connectivity index (χ4n) is 6.69. The zero-order valence-corrected chi connectivity index (χ0v) is 25.2. The summed E-state index contributed by atoms with van der Waals surface area (Å²) in [6.45, 7) is 9.85. The number of nitrogens with one attached hydrogen (secondary N) is 3. The van der Waals surface area contributed by atoms with Crippen molar-refractivity contribution in [1.29, 1.82) is 0 Å². The van der Waals surface area contributed by atoms with Crippen molar-refractivity contribution in [3.05, 3.63) is 0 Å². The largest absolute Gasteiger partial charge is 0.363 e. The van der Waals surface area contributed by atoms with Crippen molar-refractivity contribution in [2.75, 3.05) is 19.6 Å². The summed E-state index contributed by atoms with van der Waals surface area (Å²) in [5, 5.41) is 8.10. The van der Waals surface area contributed by atoms with Gasteiger partial charge in [-0.2, -0.15) is 0 Å². The number of piperidine rings is 1. The minimum Gasteiger partial charge on any atom is -0.363 e. The normalized spacial score (nSPS) is 26.2. The van der Waals surface area contributed by atoms with Gasteiger partial charge >= 0.3 is 6.03 Å². The number of carbonyl (C=O) groups is 7. The van der Waals surface area contributed by atoms with E-state index in [0.29, 0.717) is 13.0 Å². The summed E-state index contributed by atoms with van der Waals surface area (Å²) < 4.78 is 0. The highest BCUT2D eigenvalue weighted by Crippen LogP contribution is 2.65. The molecule has 0 aromatic heterocycles. The summed E-state index contributed by atoms with van der Waals surface area (Å²) in [6, 6.07) is -3.55. The highest BCUT2D eigenvalue weighted by Gasteiger charge is 2.70. The third kappa shape index (κ3) is 6.29. The summed E-state index contributed by atoms with van der Waals surface area (Å²) >= 11 is 0. The first-order valence-corrected chi connectivity index (χ1v) is 14.9. The Kier molecular flexibility index (Phi) is 8.71. The van der Waals surface area contributed by atoms with Gasteiger partial charge in [-0.25, -0.2) is 4.79 Å². The Hall–Kier alpha value is -3.51. The fraction of sp³-hybridized carbons (Fsp3) is 0.759. The van der Waals surface area contributed by atoms with Gasteiger partial charge in [0.25, 0.3) is 5.91 Å². The first kappa shape index (κ1) is 31.4. The number of carbonyl (C=O) groups excluding carboxylic acids is 7. The van der Waals surface area contributed by atoms with Crippen molar-refractivity contribution in [2.24, 2.45) is 34.3 Å². The molecular formula is C29H44N6O7. The Morgan fingerprint density at radius 2 is 1.64 bits per heavy atom. The number of fused-ring (bicyclic) bond motifs is 1. The van der Waals surface area contributed by atoms with Crippen molar-refractivity contribution >= 4 is 41.4 Å². The number of ketones is 1. The molecule has 0 spiro atoms. The molecule has 1 unspecified atom stereocenters. The van der Waals surface area contributed by atoms with Crippen molar-refractivity contribution < 1.29 is 33.6 Å². The zero-order chi connectivity index (χ0) is 31.1. The van der Waals surface area contributed by atoms with Crippen LogP contribution in [0.5, 0.6) is 0 Å². The Labute approximate surface area is 246 Å². The molecule has 5 N–H and O–H groups in total. The van der Waals surface area contributed by atoms with Crippen LogP contribution in [0.15, 0.2) is 0 Å². The molecule has 13 nitrogen and oxygen atoms in total. The molecule has 4 aliphatic rings. The molecule has 0 radical (unpaired) electrons. The highest BCUT2D eigenvalue weighted by atomic mass is 16.2. The average Bonchev–Trinajstić information content (AvgIpc) is 3.16. The summed E-state index contributed by atoms with van der Waals surface area (Å²) in [7, 11) is 0. The van der Waals surface area contributed by atoms with Crippen LogP contribution in [0.3, 0.4) is 0 Å². The Morgan fingerprint density at radius 1 is 1.02 bits per heavy atom. The number of likely N-dealkylation sites (tertiary alicyclic amines) is 2. The van der Waals surface area contributed by atoms with E-state index in [9.17, 15) is 33.6 Å². The van der Waals surface area contributed by atoms with Crippen molar-refractivity contribution in [2.45, 2.75) is 91.3 Å². The fourth-order valence-corrected chi connectivity index (χ4v) is 6.69. The van der Waals surface area contributed by atoms with Gasteiger partial charge in [0.15, 0.2) is 0 Å². The van der Waals surface area contributed by atoms with E-state index in [1.165, 1.54) is 4.90 Å². The molecular weight excluding hydrogens is 544 g/mol. The molecule has 0 aromatic rings. The molecule has 232 valence electrons. The third-order valence-electron chi connectivity index (χ3n) is 9.59. The van der Waals surface area contributed by atoms with Crippen LogP contribution < -0.4 is 21.7 Å². The molecule has 7 amide bonds. The van der Waals surface area contributed by atoms with Crippen molar-refractivity contribution in [3.8, 4) is 0 Å². The number of nitrogens with two attached hydrogens (primary N) is 1. The molecule has 4 fully saturated rings. The van der Waals surface area contributed by atoms with Crippen molar-refractivity contribution in [3.63, 3.8) is 0 Å². The second kappa shape index (κ2) is 11.6. The summed E-state index contributed by atoms with van der Waals surface area (Å²) in [6.07, 6.45) is 3.50. The number of imide groups is 1. The summed E-state index contributed by atoms with van der Waals surface area (Å²) in [4.78, 5) is 91.2. The number of Topliss-reactive ketones (excluding diaryl/α,β-unsaturated/α-hetero) is 1. The van der Waals surface area contributed by atoms with Gasteiger partial charge in [0.2, 0.25) is 29.4 Å². The minimum absolute atomic E-state index is 0.0255. The number of urea groups is 1. The predicted octanol–water partition coefficient (Wildman–Crippen LogP) is 0.0617. The molecule has 2 saturated heterocycles. The number of primary amides is 1. The molecule has 2 saturated carbocycles. The van der Waals surface area contributed by atoms with Gasteiger partial charge in [-0.1, -0.05) is 53.9 Å². The van der Waals surface area contributed by atoms with E-state index in [1.54, 1.807) is 20.8 Å². The van der Waals surface area contributed by atoms with Crippen LogP contribution in [-0.4, -0.2) is 88.9 Å². The monoisotopic (exact) mass is 588 g/mol. The maximum atomic E-state index is 14.0.